The minimum absolute atomic E-state index is 0. The molecule has 10 nitrogen and oxygen atoms in total. The van der Waals surface area contributed by atoms with Crippen LogP contribution in [0.3, 0.4) is 0 Å². The Hall–Kier alpha value is -4.44. The van der Waals surface area contributed by atoms with E-state index in [-0.39, 0.29) is 48.6 Å². The second kappa shape index (κ2) is 12.3. The van der Waals surface area contributed by atoms with Crippen LogP contribution in [0, 0.1) is 6.92 Å². The second-order valence-electron chi connectivity index (χ2n) is 10.7. The molecule has 228 valence electrons. The van der Waals surface area contributed by atoms with Crippen LogP contribution in [-0.4, -0.2) is 44.8 Å². The largest absolute Gasteiger partial charge is 2.00 e. The molecule has 5 heterocycles. The van der Waals surface area contributed by atoms with E-state index in [2.05, 4.69) is 23.5 Å². The maximum absolute atomic E-state index is 11.6. The molecule has 4 aliphatic heterocycles. The maximum Gasteiger partial charge on any atom is 2.00 e. The Balaban J connectivity index is 0.00000442. The van der Waals surface area contributed by atoms with Crippen LogP contribution < -0.4 is 4.98 Å². The van der Waals surface area contributed by atoms with Crippen molar-refractivity contribution < 1.29 is 46.7 Å². The summed E-state index contributed by atoms with van der Waals surface area (Å²) < 4.78 is 6.09. The molecule has 4 aliphatic rings. The van der Waals surface area contributed by atoms with Crippen molar-refractivity contribution in [1.29, 1.82) is 0 Å². The Morgan fingerprint density at radius 2 is 1.55 bits per heavy atom. The van der Waals surface area contributed by atoms with Gasteiger partial charge in [0.05, 0.1) is 17.1 Å². The van der Waals surface area contributed by atoms with E-state index in [0.717, 1.165) is 27.8 Å². The van der Waals surface area contributed by atoms with Gasteiger partial charge in [-0.05, 0) is 68.4 Å². The smallest absolute Gasteiger partial charge is 0.657 e. The zero-order valence-electron chi connectivity index (χ0n) is 24.8. The van der Waals surface area contributed by atoms with Crippen LogP contribution in [0.5, 0.6) is 0 Å². The SMILES string of the molecule is C=CC1=C(C)C2=Cc3[n-]c(c(CCC(=O)O)c3C)C=C3N=C(C=C4[N-][C@@](O)(OC1=N2)C(C)=C4C=C)C(C)=C3CCC(=O)O.[Fe+2]. The monoisotopic (exact) mass is 636 g/mol. The second-order valence-corrected chi connectivity index (χ2v) is 10.7. The van der Waals surface area contributed by atoms with Gasteiger partial charge in [0.1, 0.15) is 0 Å². The number of nitrogens with zero attached hydrogens (tertiary/aromatic N) is 4. The summed E-state index contributed by atoms with van der Waals surface area (Å²) in [5.74, 6) is -3.80. The van der Waals surface area contributed by atoms with Gasteiger partial charge in [-0.3, -0.25) is 9.59 Å². The Morgan fingerprint density at radius 3 is 2.18 bits per heavy atom. The van der Waals surface area contributed by atoms with Gasteiger partial charge in [-0.1, -0.05) is 54.7 Å². The Labute approximate surface area is 265 Å². The molecular formula is C33H32FeN4O6. The molecule has 1 aromatic heterocycles. The van der Waals surface area contributed by atoms with Gasteiger partial charge < -0.3 is 30.4 Å². The van der Waals surface area contributed by atoms with E-state index >= 15 is 0 Å². The molecule has 0 saturated heterocycles. The van der Waals surface area contributed by atoms with Crippen molar-refractivity contribution in [2.24, 2.45) is 9.98 Å². The van der Waals surface area contributed by atoms with Crippen molar-refractivity contribution in [2.45, 2.75) is 59.3 Å². The number of aliphatic carboxylic acids is 2. The van der Waals surface area contributed by atoms with Crippen LogP contribution in [0.2, 0.25) is 0 Å². The summed E-state index contributed by atoms with van der Waals surface area (Å²) in [5.41, 5.74) is 8.50. The number of hydrogen-bond donors (Lipinski definition) is 3. The fourth-order valence-corrected chi connectivity index (χ4v) is 5.55. The number of allylic oxidation sites excluding steroid dienone is 5. The van der Waals surface area contributed by atoms with E-state index in [1.54, 1.807) is 37.3 Å². The number of aliphatic imine (C=N–C) groups is 2. The van der Waals surface area contributed by atoms with Crippen LogP contribution in [0.25, 0.3) is 17.5 Å². The molecule has 8 bridgehead atoms. The normalized spacial score (nSPS) is 20.6. The summed E-state index contributed by atoms with van der Waals surface area (Å²) in [7, 11) is 0. The van der Waals surface area contributed by atoms with E-state index in [4.69, 9.17) is 14.7 Å². The van der Waals surface area contributed by atoms with Crippen molar-refractivity contribution in [3.63, 3.8) is 0 Å². The third-order valence-electron chi connectivity index (χ3n) is 8.10. The molecule has 0 fully saturated rings. The minimum Gasteiger partial charge on any atom is -0.657 e. The van der Waals surface area contributed by atoms with Gasteiger partial charge in [0, 0.05) is 18.4 Å². The van der Waals surface area contributed by atoms with Crippen molar-refractivity contribution in [3.05, 3.63) is 110 Å². The predicted octanol–water partition coefficient (Wildman–Crippen LogP) is 5.65. The number of rotatable bonds is 8. The maximum atomic E-state index is 11.6. The molecule has 0 spiro atoms. The number of hydrogen-bond acceptors (Lipinski definition) is 6. The van der Waals surface area contributed by atoms with Gasteiger partial charge >= 0.3 is 29.0 Å². The Morgan fingerprint density at radius 1 is 0.909 bits per heavy atom. The Kier molecular flexibility index (Phi) is 9.06. The van der Waals surface area contributed by atoms with E-state index in [1.807, 2.05) is 20.8 Å². The van der Waals surface area contributed by atoms with E-state index in [1.165, 1.54) is 0 Å². The third-order valence-corrected chi connectivity index (χ3v) is 8.10. The molecule has 5 rings (SSSR count). The number of aliphatic hydroxyl groups is 1. The molecule has 0 saturated carbocycles. The van der Waals surface area contributed by atoms with Crippen LogP contribution in [0.4, 0.5) is 0 Å². The average molecular weight is 636 g/mol. The summed E-state index contributed by atoms with van der Waals surface area (Å²) in [6.07, 6.45) is 8.74. The standard InChI is InChI=1S/C33H34N4O6.Fe/c1-7-20-16(3)26-13-24-17(4)22(9-11-30(38)39)27(34-24)15-28-23(10-12-31(40)41)18(5)25(35-28)14-29-21(8-2)19(6)33(42,37-29)43-32(20)36-26;/h7-8,13-15,42H,1-2,9-12H2,3-6H3,(H4,34,35,36,37,38,39,40,41);/q;+2/p-2/t33-;/m0./s1. The van der Waals surface area contributed by atoms with Gasteiger partial charge in [-0.25, -0.2) is 9.98 Å². The van der Waals surface area contributed by atoms with Gasteiger partial charge in [0.2, 0.25) is 5.90 Å². The summed E-state index contributed by atoms with van der Waals surface area (Å²) in [6.45, 7) is 15.1. The van der Waals surface area contributed by atoms with E-state index in [0.29, 0.717) is 50.9 Å². The minimum atomic E-state index is -2.07. The number of aromatic nitrogens is 1. The van der Waals surface area contributed by atoms with Crippen LogP contribution >= 0.6 is 0 Å². The summed E-state index contributed by atoms with van der Waals surface area (Å²) >= 11 is 0. The van der Waals surface area contributed by atoms with Gasteiger partial charge in [0.25, 0.3) is 0 Å². The van der Waals surface area contributed by atoms with Crippen molar-refractivity contribution in [2.75, 3.05) is 0 Å². The fourth-order valence-electron chi connectivity index (χ4n) is 5.55. The fraction of sp³-hybridized carbons (Fsp3) is 0.273. The number of fused-ring (bicyclic) bond motifs is 6. The molecule has 0 unspecified atom stereocenters. The van der Waals surface area contributed by atoms with Crippen LogP contribution in [-0.2, 0) is 37.8 Å². The Bertz CT molecular complexity index is 1760. The molecule has 0 aromatic carbocycles. The molecule has 44 heavy (non-hydrogen) atoms. The molecule has 0 radical (unpaired) electrons. The topological polar surface area (TPSA) is 157 Å². The predicted molar refractivity (Wildman–Crippen MR) is 164 cm³/mol. The molecular weight excluding hydrogens is 604 g/mol. The molecule has 3 N–H and O–H groups in total. The van der Waals surface area contributed by atoms with Crippen molar-refractivity contribution in [1.82, 2.24) is 4.98 Å². The van der Waals surface area contributed by atoms with Gasteiger partial charge in [-0.15, -0.1) is 17.1 Å². The van der Waals surface area contributed by atoms with Crippen molar-refractivity contribution >= 4 is 35.7 Å². The molecule has 0 amide bonds. The first-order valence-corrected chi connectivity index (χ1v) is 13.8. The van der Waals surface area contributed by atoms with E-state index in [9.17, 15) is 24.9 Å². The van der Waals surface area contributed by atoms with E-state index < -0.39 is 17.8 Å². The first-order valence-electron chi connectivity index (χ1n) is 13.8. The third kappa shape index (κ3) is 5.74. The number of carbonyl (C=O) groups is 2. The van der Waals surface area contributed by atoms with Gasteiger partial charge in [0.15, 0.2) is 5.91 Å². The molecule has 11 heteroatoms. The average Bonchev–Trinajstić information content (AvgIpc) is 3.57. The number of ether oxygens (including phenoxy) is 1. The summed E-state index contributed by atoms with van der Waals surface area (Å²) in [5, 5.41) is 35.0. The zero-order chi connectivity index (χ0) is 31.2. The first-order chi connectivity index (χ1) is 20.4. The molecule has 1 aromatic rings. The van der Waals surface area contributed by atoms with Crippen LogP contribution in [0.15, 0.2) is 91.9 Å². The summed E-state index contributed by atoms with van der Waals surface area (Å²) in [6, 6.07) is 0. The van der Waals surface area contributed by atoms with Crippen molar-refractivity contribution in [3.8, 4) is 0 Å². The summed E-state index contributed by atoms with van der Waals surface area (Å²) in [4.78, 5) is 37.4. The number of carboxylic acids is 2. The molecule has 1 atom stereocenters. The van der Waals surface area contributed by atoms with Gasteiger partial charge in [-0.2, -0.15) is 0 Å². The van der Waals surface area contributed by atoms with Crippen LogP contribution in [0.1, 0.15) is 62.5 Å². The quantitative estimate of drug-likeness (QED) is 0.311. The zero-order valence-corrected chi connectivity index (χ0v) is 25.9. The number of carboxylic acid groups (broad SMARTS) is 2. The molecule has 0 aliphatic carbocycles. The first kappa shape index (κ1) is 32.5.